The van der Waals surface area contributed by atoms with Crippen molar-refractivity contribution in [3.05, 3.63) is 29.8 Å². The van der Waals surface area contributed by atoms with Crippen LogP contribution in [0.4, 0.5) is 5.69 Å². The van der Waals surface area contributed by atoms with Gasteiger partial charge >= 0.3 is 0 Å². The quantitative estimate of drug-likeness (QED) is 0.879. The van der Waals surface area contributed by atoms with Gasteiger partial charge in [-0.15, -0.1) is 0 Å². The Hall–Kier alpha value is -2.15. The molecule has 2 atom stereocenters. The fourth-order valence-electron chi connectivity index (χ4n) is 3.00. The molecule has 1 aliphatic heterocycles. The van der Waals surface area contributed by atoms with Gasteiger partial charge in [0.25, 0.3) is 0 Å². The van der Waals surface area contributed by atoms with Crippen molar-refractivity contribution in [1.82, 2.24) is 24.9 Å². The number of amides is 1. The van der Waals surface area contributed by atoms with Gasteiger partial charge in [0.1, 0.15) is 0 Å². The molecule has 0 saturated carbocycles. The third-order valence-corrected chi connectivity index (χ3v) is 4.45. The minimum absolute atomic E-state index is 0.0360. The summed E-state index contributed by atoms with van der Waals surface area (Å²) < 4.78 is 3.65. The minimum atomic E-state index is -0.0899. The molecule has 0 aliphatic carbocycles. The van der Waals surface area contributed by atoms with Gasteiger partial charge in [-0.25, -0.2) is 0 Å². The van der Waals surface area contributed by atoms with Crippen molar-refractivity contribution in [1.29, 1.82) is 0 Å². The Morgan fingerprint density at radius 3 is 2.86 bits per heavy atom. The van der Waals surface area contributed by atoms with Crippen molar-refractivity contribution in [2.75, 3.05) is 18.4 Å². The van der Waals surface area contributed by atoms with Gasteiger partial charge in [-0.2, -0.15) is 10.2 Å². The van der Waals surface area contributed by atoms with Gasteiger partial charge in [0, 0.05) is 44.5 Å². The second-order valence-corrected chi connectivity index (χ2v) is 5.75. The van der Waals surface area contributed by atoms with Crippen LogP contribution < -0.4 is 10.6 Å². The lowest BCUT2D eigenvalue weighted by Gasteiger charge is -2.17. The zero-order valence-corrected chi connectivity index (χ0v) is 13.2. The molecule has 1 aliphatic rings. The van der Waals surface area contributed by atoms with Crippen molar-refractivity contribution in [2.24, 2.45) is 13.0 Å². The first kappa shape index (κ1) is 14.8. The van der Waals surface area contributed by atoms with E-state index in [0.717, 1.165) is 30.0 Å². The van der Waals surface area contributed by atoms with E-state index in [2.05, 4.69) is 20.8 Å². The zero-order chi connectivity index (χ0) is 15.7. The Morgan fingerprint density at radius 1 is 1.41 bits per heavy atom. The summed E-state index contributed by atoms with van der Waals surface area (Å²) >= 11 is 0. The first-order chi connectivity index (χ1) is 10.6. The molecule has 22 heavy (non-hydrogen) atoms. The predicted molar refractivity (Wildman–Crippen MR) is 83.6 cm³/mol. The molecule has 1 fully saturated rings. The second kappa shape index (κ2) is 5.92. The molecular weight excluding hydrogens is 280 g/mol. The van der Waals surface area contributed by atoms with E-state index in [9.17, 15) is 4.79 Å². The lowest BCUT2D eigenvalue weighted by Crippen LogP contribution is -2.28. The first-order valence-corrected chi connectivity index (χ1v) is 7.62. The van der Waals surface area contributed by atoms with E-state index < -0.39 is 0 Å². The number of hydrogen-bond acceptors (Lipinski definition) is 4. The van der Waals surface area contributed by atoms with Crippen molar-refractivity contribution in [3.63, 3.8) is 0 Å². The maximum absolute atomic E-state index is 12.6. The summed E-state index contributed by atoms with van der Waals surface area (Å²) in [6, 6.07) is 0. The normalized spacial score (nSPS) is 21.2. The van der Waals surface area contributed by atoms with Crippen LogP contribution in [0.15, 0.2) is 18.6 Å². The Kier molecular flexibility index (Phi) is 3.98. The third kappa shape index (κ3) is 2.64. The monoisotopic (exact) mass is 302 g/mol. The Balaban J connectivity index is 1.75. The largest absolute Gasteiger partial charge is 0.323 e. The molecule has 7 nitrogen and oxygen atoms in total. The van der Waals surface area contributed by atoms with Gasteiger partial charge in [-0.05, 0) is 19.4 Å². The highest BCUT2D eigenvalue weighted by Gasteiger charge is 2.35. The molecule has 0 radical (unpaired) electrons. The average Bonchev–Trinajstić information content (AvgIpc) is 3.21. The van der Waals surface area contributed by atoms with Crippen molar-refractivity contribution in [2.45, 2.75) is 26.3 Å². The minimum Gasteiger partial charge on any atom is -0.323 e. The van der Waals surface area contributed by atoms with Crippen LogP contribution >= 0.6 is 0 Å². The van der Waals surface area contributed by atoms with Crippen molar-refractivity contribution in [3.8, 4) is 0 Å². The number of hydrogen-bond donors (Lipinski definition) is 2. The highest BCUT2D eigenvalue weighted by molar-refractivity contribution is 5.93. The molecular formula is C15H22N6O. The highest BCUT2D eigenvalue weighted by Crippen LogP contribution is 2.30. The summed E-state index contributed by atoms with van der Waals surface area (Å²) in [6.07, 6.45) is 5.42. The molecule has 0 spiro atoms. The molecule has 118 valence electrons. The summed E-state index contributed by atoms with van der Waals surface area (Å²) in [4.78, 5) is 12.6. The van der Waals surface area contributed by atoms with Crippen LogP contribution in [0.1, 0.15) is 24.1 Å². The van der Waals surface area contributed by atoms with E-state index in [-0.39, 0.29) is 17.7 Å². The van der Waals surface area contributed by atoms with Crippen LogP contribution in [0, 0.1) is 12.8 Å². The van der Waals surface area contributed by atoms with Gasteiger partial charge in [-0.1, -0.05) is 0 Å². The smallest absolute Gasteiger partial charge is 0.229 e. The average molecular weight is 302 g/mol. The van der Waals surface area contributed by atoms with E-state index >= 15 is 0 Å². The SMILES string of the molecule is CCn1cc(NC(=O)[C@H]2CNC[C@@H]2c2cnn(C)c2C)cn1. The van der Waals surface area contributed by atoms with E-state index in [0.29, 0.717) is 6.54 Å². The van der Waals surface area contributed by atoms with E-state index in [1.807, 2.05) is 38.0 Å². The number of aromatic nitrogens is 4. The Labute approximate surface area is 129 Å². The number of nitrogens with zero attached hydrogens (tertiary/aromatic N) is 4. The summed E-state index contributed by atoms with van der Waals surface area (Å²) in [7, 11) is 1.93. The van der Waals surface area contributed by atoms with E-state index in [4.69, 9.17) is 0 Å². The number of carbonyl (C=O) groups is 1. The molecule has 2 aromatic rings. The molecule has 2 N–H and O–H groups in total. The maximum atomic E-state index is 12.6. The van der Waals surface area contributed by atoms with Gasteiger partial charge in [0.05, 0.1) is 24.0 Å². The van der Waals surface area contributed by atoms with Gasteiger partial charge in [0.2, 0.25) is 5.91 Å². The molecule has 1 saturated heterocycles. The molecule has 0 unspecified atom stereocenters. The Bertz CT molecular complexity index is 673. The number of carbonyl (C=O) groups excluding carboxylic acids is 1. The van der Waals surface area contributed by atoms with Crippen LogP contribution in [-0.4, -0.2) is 38.6 Å². The number of rotatable bonds is 4. The van der Waals surface area contributed by atoms with Crippen LogP contribution in [0.25, 0.3) is 0 Å². The van der Waals surface area contributed by atoms with Crippen molar-refractivity contribution < 1.29 is 4.79 Å². The summed E-state index contributed by atoms with van der Waals surface area (Å²) in [5.41, 5.74) is 3.02. The molecule has 2 aromatic heterocycles. The summed E-state index contributed by atoms with van der Waals surface area (Å²) in [5.74, 6) is 0.108. The third-order valence-electron chi connectivity index (χ3n) is 4.45. The van der Waals surface area contributed by atoms with Crippen LogP contribution in [-0.2, 0) is 18.4 Å². The molecule has 7 heteroatoms. The van der Waals surface area contributed by atoms with Crippen LogP contribution in [0.3, 0.4) is 0 Å². The van der Waals surface area contributed by atoms with Gasteiger partial charge < -0.3 is 10.6 Å². The molecule has 3 heterocycles. The highest BCUT2D eigenvalue weighted by atomic mass is 16.2. The van der Waals surface area contributed by atoms with E-state index in [1.54, 1.807) is 10.9 Å². The molecule has 0 aromatic carbocycles. The molecule has 3 rings (SSSR count). The molecule has 0 bridgehead atoms. The Morgan fingerprint density at radius 2 is 2.23 bits per heavy atom. The van der Waals surface area contributed by atoms with E-state index in [1.165, 1.54) is 0 Å². The predicted octanol–water partition coefficient (Wildman–Crippen LogP) is 0.887. The fourth-order valence-corrected chi connectivity index (χ4v) is 3.00. The zero-order valence-electron chi connectivity index (χ0n) is 13.2. The van der Waals surface area contributed by atoms with Crippen molar-refractivity contribution >= 4 is 11.6 Å². The standard InChI is InChI=1S/C15H22N6O/c1-4-21-9-11(5-18-21)19-15(22)14-7-16-6-13(14)12-8-17-20(3)10(12)2/h5,8-9,13-14,16H,4,6-7H2,1-3H3,(H,19,22)/t13-,14+/m1/s1. The number of aryl methyl sites for hydroxylation is 2. The summed E-state index contributed by atoms with van der Waals surface area (Å²) in [5, 5.41) is 14.8. The summed E-state index contributed by atoms with van der Waals surface area (Å²) in [6.45, 7) is 6.34. The van der Waals surface area contributed by atoms with Gasteiger partial charge in [0.15, 0.2) is 0 Å². The van der Waals surface area contributed by atoms with Crippen LogP contribution in [0.5, 0.6) is 0 Å². The topological polar surface area (TPSA) is 76.8 Å². The lowest BCUT2D eigenvalue weighted by atomic mass is 9.88. The maximum Gasteiger partial charge on any atom is 0.229 e. The molecule has 1 amide bonds. The fraction of sp³-hybridized carbons (Fsp3) is 0.533. The van der Waals surface area contributed by atoms with Crippen LogP contribution in [0.2, 0.25) is 0 Å². The number of anilines is 1. The van der Waals surface area contributed by atoms with Gasteiger partial charge in [-0.3, -0.25) is 14.2 Å². The lowest BCUT2D eigenvalue weighted by molar-refractivity contribution is -0.119. The first-order valence-electron chi connectivity index (χ1n) is 7.62. The second-order valence-electron chi connectivity index (χ2n) is 5.75. The number of nitrogens with one attached hydrogen (secondary N) is 2.